The fourth-order valence-corrected chi connectivity index (χ4v) is 6.40. The van der Waals surface area contributed by atoms with E-state index in [1.54, 1.807) is 36.4 Å². The van der Waals surface area contributed by atoms with Crippen LogP contribution in [-0.4, -0.2) is 75.9 Å². The van der Waals surface area contributed by atoms with Gasteiger partial charge in [0.15, 0.2) is 0 Å². The number of benzene rings is 2. The molecule has 12 heteroatoms. The number of nitrogens with one attached hydrogen (secondary N) is 2. The maximum Gasteiger partial charge on any atom is 0.239 e. The summed E-state index contributed by atoms with van der Waals surface area (Å²) in [5.74, 6) is -0.346. The van der Waals surface area contributed by atoms with Crippen LogP contribution < -0.4 is 5.32 Å². The Bertz CT molecular complexity index is 1400. The van der Waals surface area contributed by atoms with Crippen LogP contribution in [0.3, 0.4) is 0 Å². The molecule has 176 valence electrons. The molecule has 2 N–H and O–H groups in total. The highest BCUT2D eigenvalue weighted by molar-refractivity contribution is 7.92. The summed E-state index contributed by atoms with van der Waals surface area (Å²) in [4.78, 5) is 17.6. The maximum atomic E-state index is 13.5. The van der Waals surface area contributed by atoms with Crippen molar-refractivity contribution in [2.24, 2.45) is 0 Å². The zero-order chi connectivity index (χ0) is 23.8. The minimum absolute atomic E-state index is 0.00144. The second-order valence-corrected chi connectivity index (χ2v) is 12.1. The highest BCUT2D eigenvalue weighted by atomic mass is 35.5. The molecule has 1 amide bonds. The molecule has 0 atom stereocenters. The number of H-pyrrole nitrogens is 1. The predicted octanol–water partition coefficient (Wildman–Crippen LogP) is 2.17. The first-order valence-corrected chi connectivity index (χ1v) is 13.9. The first-order valence-electron chi connectivity index (χ1n) is 10.1. The van der Waals surface area contributed by atoms with Crippen molar-refractivity contribution in [1.82, 2.24) is 14.2 Å². The summed E-state index contributed by atoms with van der Waals surface area (Å²) in [5, 5.41) is 3.44. The summed E-state index contributed by atoms with van der Waals surface area (Å²) in [7, 11) is -7.23. The normalized spacial score (nSPS) is 16.2. The number of piperazine rings is 1. The van der Waals surface area contributed by atoms with E-state index >= 15 is 0 Å². The van der Waals surface area contributed by atoms with Gasteiger partial charge in [-0.05, 0) is 30.3 Å². The number of carbonyl (C=O) groups excluding carboxylic acids is 1. The molecule has 0 bridgehead atoms. The molecule has 33 heavy (non-hydrogen) atoms. The highest BCUT2D eigenvalue weighted by Crippen LogP contribution is 2.36. The third kappa shape index (κ3) is 5.07. The molecule has 4 rings (SSSR count). The Hall–Kier alpha value is -2.44. The third-order valence-electron chi connectivity index (χ3n) is 5.47. The van der Waals surface area contributed by atoms with Crippen molar-refractivity contribution < 1.29 is 21.6 Å². The summed E-state index contributed by atoms with van der Waals surface area (Å²) in [6.07, 6.45) is 1.16. The van der Waals surface area contributed by atoms with Crippen molar-refractivity contribution in [3.63, 3.8) is 0 Å². The number of sulfone groups is 1. The molecule has 9 nitrogen and oxygen atoms in total. The van der Waals surface area contributed by atoms with Gasteiger partial charge < -0.3 is 10.3 Å². The second kappa shape index (κ2) is 9.07. The molecule has 0 aliphatic carbocycles. The van der Waals surface area contributed by atoms with Crippen LogP contribution in [0.15, 0.2) is 58.3 Å². The lowest BCUT2D eigenvalue weighted by Gasteiger charge is -2.32. The molecule has 0 radical (unpaired) electrons. The van der Waals surface area contributed by atoms with Gasteiger partial charge in [-0.25, -0.2) is 16.8 Å². The van der Waals surface area contributed by atoms with Gasteiger partial charge in [-0.2, -0.15) is 4.31 Å². The zero-order valence-corrected chi connectivity index (χ0v) is 20.2. The summed E-state index contributed by atoms with van der Waals surface area (Å²) in [6.45, 7) is 1.39. The van der Waals surface area contributed by atoms with Crippen molar-refractivity contribution in [3.05, 3.63) is 53.6 Å². The number of fused-ring (bicyclic) bond motifs is 1. The number of aromatic nitrogens is 1. The molecule has 3 aromatic rings. The van der Waals surface area contributed by atoms with Crippen LogP contribution in [-0.2, 0) is 24.7 Å². The van der Waals surface area contributed by atoms with Gasteiger partial charge in [0.2, 0.25) is 25.8 Å². The van der Waals surface area contributed by atoms with Crippen molar-refractivity contribution >= 4 is 54.1 Å². The average Bonchev–Trinajstić information content (AvgIpc) is 3.11. The van der Waals surface area contributed by atoms with Gasteiger partial charge in [-0.1, -0.05) is 29.8 Å². The number of hydrogen-bond donors (Lipinski definition) is 2. The summed E-state index contributed by atoms with van der Waals surface area (Å²) in [5.41, 5.74) is 0.519. The number of hydrogen-bond acceptors (Lipinski definition) is 6. The Morgan fingerprint density at radius 2 is 1.70 bits per heavy atom. The minimum atomic E-state index is -3.96. The van der Waals surface area contributed by atoms with Crippen molar-refractivity contribution in [1.29, 1.82) is 0 Å². The Labute approximate surface area is 197 Å². The fraction of sp³-hybridized carbons (Fsp3) is 0.286. The molecule has 1 fully saturated rings. The molecular formula is C21H23ClN4O5S2. The van der Waals surface area contributed by atoms with Gasteiger partial charge >= 0.3 is 0 Å². The van der Waals surface area contributed by atoms with E-state index in [1.165, 1.54) is 16.4 Å². The van der Waals surface area contributed by atoms with Crippen LogP contribution >= 0.6 is 11.6 Å². The molecule has 1 saturated heterocycles. The number of rotatable bonds is 6. The van der Waals surface area contributed by atoms with Crippen LogP contribution in [0.2, 0.25) is 5.02 Å². The van der Waals surface area contributed by atoms with Crippen LogP contribution in [0.5, 0.6) is 0 Å². The number of nitrogens with zero attached hydrogens (tertiary/aromatic N) is 2. The second-order valence-electron chi connectivity index (χ2n) is 7.82. The number of amides is 1. The number of aromatic amines is 1. The first kappa shape index (κ1) is 23.7. The third-order valence-corrected chi connectivity index (χ3v) is 8.86. The molecule has 0 saturated carbocycles. The number of sulfonamides is 1. The lowest BCUT2D eigenvalue weighted by Crippen LogP contribution is -2.50. The summed E-state index contributed by atoms with van der Waals surface area (Å²) < 4.78 is 51.6. The molecule has 1 aromatic heterocycles. The zero-order valence-electron chi connectivity index (χ0n) is 17.8. The molecule has 0 unspecified atom stereocenters. The van der Waals surface area contributed by atoms with E-state index in [2.05, 4.69) is 10.3 Å². The number of anilines is 1. The van der Waals surface area contributed by atoms with Crippen molar-refractivity contribution in [2.45, 2.75) is 9.79 Å². The van der Waals surface area contributed by atoms with Crippen LogP contribution in [0.1, 0.15) is 0 Å². The van der Waals surface area contributed by atoms with Crippen molar-refractivity contribution in [3.8, 4) is 0 Å². The van der Waals surface area contributed by atoms with E-state index in [9.17, 15) is 21.6 Å². The Morgan fingerprint density at radius 3 is 2.33 bits per heavy atom. The van der Waals surface area contributed by atoms with Gasteiger partial charge in [0, 0.05) is 42.1 Å². The number of carbonyl (C=O) groups is 1. The van der Waals surface area contributed by atoms with E-state index in [4.69, 9.17) is 11.6 Å². The largest absolute Gasteiger partial charge is 0.340 e. The van der Waals surface area contributed by atoms with Gasteiger partial charge in [0.1, 0.15) is 10.7 Å². The Morgan fingerprint density at radius 1 is 1.03 bits per heavy atom. The molecule has 1 aliphatic heterocycles. The average molecular weight is 511 g/mol. The Kier molecular flexibility index (Phi) is 6.52. The molecule has 0 spiro atoms. The minimum Gasteiger partial charge on any atom is -0.340 e. The highest BCUT2D eigenvalue weighted by Gasteiger charge is 2.29. The Balaban J connectivity index is 1.61. The predicted molar refractivity (Wildman–Crippen MR) is 127 cm³/mol. The van der Waals surface area contributed by atoms with Gasteiger partial charge in [-0.3, -0.25) is 9.69 Å². The van der Waals surface area contributed by atoms with E-state index in [1.807, 2.05) is 4.90 Å². The fourth-order valence-electron chi connectivity index (χ4n) is 3.83. The lowest BCUT2D eigenvalue weighted by atomic mass is 10.2. The standard InChI is InChI=1S/C21H23ClN4O5S2/c1-32(28,29)26-11-9-25(10-12-26)14-19(27)24-21-20(17-13-15(22)7-8-18(17)23-21)33(30,31)16-5-3-2-4-6-16/h2-8,13,23H,9-12,14H2,1H3,(H,24,27). The van der Waals surface area contributed by atoms with E-state index in [0.717, 1.165) is 6.26 Å². The maximum absolute atomic E-state index is 13.5. The van der Waals surface area contributed by atoms with E-state index in [0.29, 0.717) is 42.1 Å². The molecule has 2 aromatic carbocycles. The lowest BCUT2D eigenvalue weighted by molar-refractivity contribution is -0.117. The van der Waals surface area contributed by atoms with Crippen LogP contribution in [0, 0.1) is 0 Å². The quantitative estimate of drug-likeness (QED) is 0.524. The SMILES string of the molecule is CS(=O)(=O)N1CCN(CC(=O)Nc2[nH]c3ccc(Cl)cc3c2S(=O)(=O)c2ccccc2)CC1. The smallest absolute Gasteiger partial charge is 0.239 e. The molecule has 2 heterocycles. The van der Waals surface area contributed by atoms with E-state index in [-0.39, 0.29) is 22.2 Å². The monoisotopic (exact) mass is 510 g/mol. The van der Waals surface area contributed by atoms with Gasteiger partial charge in [0.05, 0.1) is 17.7 Å². The number of halogens is 1. The summed E-state index contributed by atoms with van der Waals surface area (Å²) in [6, 6.07) is 12.8. The molecular weight excluding hydrogens is 488 g/mol. The first-order chi connectivity index (χ1) is 15.6. The van der Waals surface area contributed by atoms with Crippen LogP contribution in [0.25, 0.3) is 10.9 Å². The van der Waals surface area contributed by atoms with Crippen LogP contribution in [0.4, 0.5) is 5.82 Å². The van der Waals surface area contributed by atoms with Gasteiger partial charge in [0.25, 0.3) is 0 Å². The topological polar surface area (TPSA) is 120 Å². The van der Waals surface area contributed by atoms with Gasteiger partial charge in [-0.15, -0.1) is 0 Å². The van der Waals surface area contributed by atoms with E-state index < -0.39 is 25.8 Å². The molecule has 1 aliphatic rings. The summed E-state index contributed by atoms with van der Waals surface area (Å²) >= 11 is 6.12. The van der Waals surface area contributed by atoms with Crippen molar-refractivity contribution in [2.75, 3.05) is 44.3 Å².